The SMILES string of the molecule is C[C@@H](c1ccc(C(=O)O)cc1)N1CCC(CCCO)(c2ccc(F)cc2)OC1=O. The largest absolute Gasteiger partial charge is 0.478 e. The first-order valence-corrected chi connectivity index (χ1v) is 9.56. The van der Waals surface area contributed by atoms with E-state index in [0.29, 0.717) is 31.4 Å². The minimum Gasteiger partial charge on any atom is -0.478 e. The van der Waals surface area contributed by atoms with Crippen molar-refractivity contribution in [1.29, 1.82) is 0 Å². The molecule has 6 nitrogen and oxygen atoms in total. The number of aromatic carboxylic acids is 1. The van der Waals surface area contributed by atoms with Gasteiger partial charge >= 0.3 is 12.1 Å². The highest BCUT2D eigenvalue weighted by Gasteiger charge is 2.43. The molecule has 0 radical (unpaired) electrons. The van der Waals surface area contributed by atoms with Gasteiger partial charge in [-0.1, -0.05) is 24.3 Å². The number of hydrogen-bond donors (Lipinski definition) is 2. The molecule has 1 saturated heterocycles. The number of ether oxygens (including phenoxy) is 1. The molecule has 2 N–H and O–H groups in total. The molecule has 0 aliphatic carbocycles. The van der Waals surface area contributed by atoms with Crippen molar-refractivity contribution < 1.29 is 28.9 Å². The van der Waals surface area contributed by atoms with Crippen LogP contribution in [0.3, 0.4) is 0 Å². The van der Waals surface area contributed by atoms with Gasteiger partial charge < -0.3 is 19.8 Å². The van der Waals surface area contributed by atoms with E-state index in [9.17, 15) is 19.1 Å². The Hall–Kier alpha value is -2.93. The number of benzene rings is 2. The Balaban J connectivity index is 1.80. The van der Waals surface area contributed by atoms with E-state index in [1.807, 2.05) is 6.92 Å². The second-order valence-corrected chi connectivity index (χ2v) is 7.24. The summed E-state index contributed by atoms with van der Waals surface area (Å²) in [7, 11) is 0. The van der Waals surface area contributed by atoms with E-state index in [1.54, 1.807) is 29.2 Å². The Labute approximate surface area is 168 Å². The number of cyclic esters (lactones) is 1. The topological polar surface area (TPSA) is 87.1 Å². The number of nitrogens with zero attached hydrogens (tertiary/aromatic N) is 1. The van der Waals surface area contributed by atoms with Crippen molar-refractivity contribution in [2.24, 2.45) is 0 Å². The summed E-state index contributed by atoms with van der Waals surface area (Å²) in [5.41, 5.74) is 0.786. The van der Waals surface area contributed by atoms with E-state index in [0.717, 1.165) is 5.56 Å². The Bertz CT molecular complexity index is 868. The number of aliphatic hydroxyl groups is 1. The van der Waals surface area contributed by atoms with E-state index in [1.165, 1.54) is 24.3 Å². The minimum atomic E-state index is -1.01. The van der Waals surface area contributed by atoms with Gasteiger partial charge in [0.1, 0.15) is 11.4 Å². The van der Waals surface area contributed by atoms with Gasteiger partial charge in [0.25, 0.3) is 0 Å². The average molecular weight is 401 g/mol. The van der Waals surface area contributed by atoms with Crippen LogP contribution in [0.5, 0.6) is 0 Å². The summed E-state index contributed by atoms with van der Waals surface area (Å²) in [6.45, 7) is 2.25. The normalized spacial score (nSPS) is 20.2. The van der Waals surface area contributed by atoms with Crippen LogP contribution in [0.1, 0.15) is 53.7 Å². The van der Waals surface area contributed by atoms with Crippen molar-refractivity contribution in [3.63, 3.8) is 0 Å². The fourth-order valence-electron chi connectivity index (χ4n) is 3.75. The zero-order chi connectivity index (χ0) is 21.0. The molecule has 1 aliphatic heterocycles. The van der Waals surface area contributed by atoms with Crippen LogP contribution < -0.4 is 0 Å². The molecular weight excluding hydrogens is 377 g/mol. The van der Waals surface area contributed by atoms with Gasteiger partial charge in [-0.2, -0.15) is 0 Å². The maximum absolute atomic E-state index is 13.3. The summed E-state index contributed by atoms with van der Waals surface area (Å²) in [5.74, 6) is -1.37. The summed E-state index contributed by atoms with van der Waals surface area (Å²) < 4.78 is 19.2. The summed E-state index contributed by atoms with van der Waals surface area (Å²) >= 11 is 0. The number of carbonyl (C=O) groups is 2. The lowest BCUT2D eigenvalue weighted by Crippen LogP contribution is -2.48. The highest BCUT2D eigenvalue weighted by molar-refractivity contribution is 5.87. The summed E-state index contributed by atoms with van der Waals surface area (Å²) in [4.78, 5) is 25.5. The van der Waals surface area contributed by atoms with Crippen LogP contribution >= 0.6 is 0 Å². The molecule has 1 unspecified atom stereocenters. The van der Waals surface area contributed by atoms with Crippen LogP contribution in [0.2, 0.25) is 0 Å². The van der Waals surface area contributed by atoms with E-state index in [4.69, 9.17) is 9.84 Å². The first-order valence-electron chi connectivity index (χ1n) is 9.56. The molecule has 7 heteroatoms. The third-order valence-corrected chi connectivity index (χ3v) is 5.49. The van der Waals surface area contributed by atoms with Crippen molar-refractivity contribution in [1.82, 2.24) is 4.90 Å². The smallest absolute Gasteiger partial charge is 0.411 e. The lowest BCUT2D eigenvalue weighted by atomic mass is 9.84. The Kier molecular flexibility index (Phi) is 6.17. The van der Waals surface area contributed by atoms with Crippen LogP contribution in [-0.2, 0) is 10.3 Å². The number of aliphatic hydroxyl groups excluding tert-OH is 1. The van der Waals surface area contributed by atoms with Gasteiger partial charge in [-0.25, -0.2) is 14.0 Å². The van der Waals surface area contributed by atoms with Crippen LogP contribution in [0.15, 0.2) is 48.5 Å². The van der Waals surface area contributed by atoms with Gasteiger partial charge in [0.2, 0.25) is 0 Å². The molecule has 1 fully saturated rings. The monoisotopic (exact) mass is 401 g/mol. The molecular formula is C22H24FNO5. The number of carbonyl (C=O) groups excluding carboxylic acids is 1. The molecule has 154 valence electrons. The van der Waals surface area contributed by atoms with E-state index in [-0.39, 0.29) is 24.0 Å². The predicted molar refractivity (Wildman–Crippen MR) is 104 cm³/mol. The molecule has 1 amide bonds. The van der Waals surface area contributed by atoms with Crippen molar-refractivity contribution in [3.8, 4) is 0 Å². The Morgan fingerprint density at radius 2 is 1.86 bits per heavy atom. The summed E-state index contributed by atoms with van der Waals surface area (Å²) in [6, 6.07) is 12.0. The molecule has 2 aromatic rings. The second kappa shape index (κ2) is 8.61. The van der Waals surface area contributed by atoms with Crippen molar-refractivity contribution in [3.05, 3.63) is 71.0 Å². The Morgan fingerprint density at radius 3 is 2.41 bits per heavy atom. The first kappa shape index (κ1) is 20.8. The van der Waals surface area contributed by atoms with E-state index in [2.05, 4.69) is 0 Å². The van der Waals surface area contributed by atoms with Gasteiger partial charge in [0.15, 0.2) is 0 Å². The molecule has 2 atom stereocenters. The highest BCUT2D eigenvalue weighted by Crippen LogP contribution is 2.40. The number of carboxylic acids is 1. The van der Waals surface area contributed by atoms with Crippen LogP contribution in [0.4, 0.5) is 9.18 Å². The number of halogens is 1. The lowest BCUT2D eigenvalue weighted by Gasteiger charge is -2.43. The van der Waals surface area contributed by atoms with Gasteiger partial charge in [0.05, 0.1) is 11.6 Å². The van der Waals surface area contributed by atoms with Gasteiger partial charge in [-0.05, 0) is 55.2 Å². The number of hydrogen-bond acceptors (Lipinski definition) is 4. The minimum absolute atomic E-state index is 0.0312. The van der Waals surface area contributed by atoms with Gasteiger partial charge in [-0.3, -0.25) is 0 Å². The first-order chi connectivity index (χ1) is 13.9. The molecule has 0 saturated carbocycles. The zero-order valence-electron chi connectivity index (χ0n) is 16.2. The molecule has 3 rings (SSSR count). The molecule has 2 aromatic carbocycles. The lowest BCUT2D eigenvalue weighted by molar-refractivity contribution is -0.0680. The second-order valence-electron chi connectivity index (χ2n) is 7.24. The summed E-state index contributed by atoms with van der Waals surface area (Å²) in [5, 5.41) is 18.3. The van der Waals surface area contributed by atoms with Gasteiger partial charge in [-0.15, -0.1) is 0 Å². The Morgan fingerprint density at radius 1 is 1.21 bits per heavy atom. The van der Waals surface area contributed by atoms with Crippen LogP contribution in [0, 0.1) is 5.82 Å². The van der Waals surface area contributed by atoms with Crippen molar-refractivity contribution in [2.75, 3.05) is 13.2 Å². The molecule has 1 aliphatic rings. The van der Waals surface area contributed by atoms with E-state index >= 15 is 0 Å². The zero-order valence-corrected chi connectivity index (χ0v) is 16.2. The third-order valence-electron chi connectivity index (χ3n) is 5.49. The standard InChI is InChI=1S/C22H24FNO5/c1-15(16-3-5-17(6-4-16)20(26)27)24-13-12-22(11-2-14-25,29-21(24)28)18-7-9-19(23)10-8-18/h3-10,15,25H,2,11-14H2,1H3,(H,26,27)/t15-,22?/m0/s1. The highest BCUT2D eigenvalue weighted by atomic mass is 19.1. The quantitative estimate of drug-likeness (QED) is 0.730. The summed E-state index contributed by atoms with van der Waals surface area (Å²) in [6.07, 6.45) is 0.906. The maximum Gasteiger partial charge on any atom is 0.411 e. The fourth-order valence-corrected chi connectivity index (χ4v) is 3.75. The van der Waals surface area contributed by atoms with Gasteiger partial charge in [0, 0.05) is 19.6 Å². The number of carboxylic acid groups (broad SMARTS) is 1. The predicted octanol–water partition coefficient (Wildman–Crippen LogP) is 4.10. The molecule has 1 heterocycles. The molecule has 0 aromatic heterocycles. The number of amides is 1. The molecule has 0 spiro atoms. The fraction of sp³-hybridized carbons (Fsp3) is 0.364. The third kappa shape index (κ3) is 4.40. The van der Waals surface area contributed by atoms with Crippen molar-refractivity contribution >= 4 is 12.1 Å². The molecule has 0 bridgehead atoms. The maximum atomic E-state index is 13.3. The number of rotatable bonds is 7. The van der Waals surface area contributed by atoms with Crippen LogP contribution in [0.25, 0.3) is 0 Å². The van der Waals surface area contributed by atoms with E-state index < -0.39 is 17.7 Å². The molecule has 29 heavy (non-hydrogen) atoms. The average Bonchev–Trinajstić information content (AvgIpc) is 2.72. The van der Waals surface area contributed by atoms with Crippen molar-refractivity contribution in [2.45, 2.75) is 37.8 Å². The van der Waals surface area contributed by atoms with Crippen LogP contribution in [-0.4, -0.2) is 40.3 Å².